The molecule has 2 nitrogen and oxygen atoms in total. The topological polar surface area (TPSA) is 21.3 Å². The van der Waals surface area contributed by atoms with Crippen molar-refractivity contribution in [2.45, 2.75) is 32.2 Å². The fraction of sp³-hybridized carbons (Fsp3) is 0.538. The first-order valence-corrected chi connectivity index (χ1v) is 5.88. The van der Waals surface area contributed by atoms with Crippen LogP contribution in [0.2, 0.25) is 0 Å². The predicted octanol–water partition coefficient (Wildman–Crippen LogP) is 2.66. The molecule has 3 heteroatoms. The molecule has 0 spiro atoms. The fourth-order valence-electron chi connectivity index (χ4n) is 1.99. The van der Waals surface area contributed by atoms with E-state index in [1.54, 1.807) is 19.1 Å². The highest BCUT2D eigenvalue weighted by molar-refractivity contribution is 5.30. The smallest absolute Gasteiger partial charge is 0.167 e. The minimum absolute atomic E-state index is 0.238. The van der Waals surface area contributed by atoms with Crippen LogP contribution >= 0.6 is 0 Å². The van der Waals surface area contributed by atoms with E-state index in [0.717, 1.165) is 13.0 Å². The highest BCUT2D eigenvalue weighted by atomic mass is 19.1. The normalized spacial score (nSPS) is 20.8. The van der Waals surface area contributed by atoms with E-state index < -0.39 is 0 Å². The Morgan fingerprint density at radius 3 is 3.06 bits per heavy atom. The molecule has 0 amide bonds. The Labute approximate surface area is 95.8 Å². The number of benzene rings is 1. The summed E-state index contributed by atoms with van der Waals surface area (Å²) in [6.45, 7) is 3.35. The summed E-state index contributed by atoms with van der Waals surface area (Å²) in [5.41, 5.74) is 0.633. The molecule has 88 valence electrons. The third kappa shape index (κ3) is 2.73. The summed E-state index contributed by atoms with van der Waals surface area (Å²) in [6.07, 6.45) is 3.58. The average Bonchev–Trinajstić information content (AvgIpc) is 2.32. The molecular formula is C13H18FNO. The van der Waals surface area contributed by atoms with E-state index in [0.29, 0.717) is 24.0 Å². The molecule has 1 fully saturated rings. The van der Waals surface area contributed by atoms with Gasteiger partial charge >= 0.3 is 0 Å². The van der Waals surface area contributed by atoms with Crippen LogP contribution in [-0.4, -0.2) is 19.2 Å². The summed E-state index contributed by atoms with van der Waals surface area (Å²) < 4.78 is 19.1. The zero-order valence-electron chi connectivity index (χ0n) is 9.63. The SMILES string of the molecule is Cc1cccc(OCC2CCCCN2)c1F. The van der Waals surface area contributed by atoms with Gasteiger partial charge in [-0.1, -0.05) is 18.6 Å². The van der Waals surface area contributed by atoms with Gasteiger partial charge in [0, 0.05) is 6.04 Å². The van der Waals surface area contributed by atoms with E-state index in [1.165, 1.54) is 12.8 Å². The minimum Gasteiger partial charge on any atom is -0.489 e. The number of rotatable bonds is 3. The Kier molecular flexibility index (Phi) is 3.78. The van der Waals surface area contributed by atoms with Crippen LogP contribution < -0.4 is 10.1 Å². The first-order valence-electron chi connectivity index (χ1n) is 5.88. The van der Waals surface area contributed by atoms with Gasteiger partial charge in [0.15, 0.2) is 11.6 Å². The van der Waals surface area contributed by atoms with Crippen molar-refractivity contribution < 1.29 is 9.13 Å². The molecule has 16 heavy (non-hydrogen) atoms. The second-order valence-corrected chi connectivity index (χ2v) is 4.34. The van der Waals surface area contributed by atoms with Gasteiger partial charge in [-0.05, 0) is 37.9 Å². The lowest BCUT2D eigenvalue weighted by Crippen LogP contribution is -2.38. The quantitative estimate of drug-likeness (QED) is 0.850. The maximum Gasteiger partial charge on any atom is 0.167 e. The number of hydrogen-bond acceptors (Lipinski definition) is 2. The summed E-state index contributed by atoms with van der Waals surface area (Å²) in [5.74, 6) is 0.130. The van der Waals surface area contributed by atoms with Crippen LogP contribution in [0.5, 0.6) is 5.75 Å². The zero-order valence-corrected chi connectivity index (χ0v) is 9.63. The van der Waals surface area contributed by atoms with Crippen molar-refractivity contribution in [3.63, 3.8) is 0 Å². The largest absolute Gasteiger partial charge is 0.489 e. The van der Waals surface area contributed by atoms with E-state index in [1.807, 2.05) is 6.07 Å². The lowest BCUT2D eigenvalue weighted by atomic mass is 10.1. The first-order chi connectivity index (χ1) is 7.77. The highest BCUT2D eigenvalue weighted by Crippen LogP contribution is 2.20. The molecule has 1 aliphatic heterocycles. The van der Waals surface area contributed by atoms with Gasteiger partial charge in [-0.25, -0.2) is 4.39 Å². The molecule has 1 aromatic rings. The van der Waals surface area contributed by atoms with Gasteiger partial charge in [0.05, 0.1) is 0 Å². The second kappa shape index (κ2) is 5.30. The van der Waals surface area contributed by atoms with Gasteiger partial charge in [0.25, 0.3) is 0 Å². The van der Waals surface area contributed by atoms with Crippen molar-refractivity contribution in [2.75, 3.05) is 13.2 Å². The van der Waals surface area contributed by atoms with E-state index >= 15 is 0 Å². The van der Waals surface area contributed by atoms with Crippen LogP contribution in [0.4, 0.5) is 4.39 Å². The molecule has 1 aromatic carbocycles. The van der Waals surface area contributed by atoms with E-state index in [4.69, 9.17) is 4.74 Å². The summed E-state index contributed by atoms with van der Waals surface area (Å²) in [7, 11) is 0. The number of nitrogens with one attached hydrogen (secondary N) is 1. The fourth-order valence-corrected chi connectivity index (χ4v) is 1.99. The number of ether oxygens (including phenoxy) is 1. The predicted molar refractivity (Wildman–Crippen MR) is 62.3 cm³/mol. The Hall–Kier alpha value is -1.09. The molecule has 0 aromatic heterocycles. The number of piperidine rings is 1. The van der Waals surface area contributed by atoms with Crippen molar-refractivity contribution in [3.8, 4) is 5.75 Å². The van der Waals surface area contributed by atoms with Gasteiger partial charge in [-0.3, -0.25) is 0 Å². The second-order valence-electron chi connectivity index (χ2n) is 4.34. The van der Waals surface area contributed by atoms with Gasteiger partial charge in [0.1, 0.15) is 6.61 Å². The average molecular weight is 223 g/mol. The molecule has 1 N–H and O–H groups in total. The van der Waals surface area contributed by atoms with Gasteiger partial charge in [0.2, 0.25) is 0 Å². The minimum atomic E-state index is -0.238. The maximum atomic E-state index is 13.6. The number of halogens is 1. The molecule has 0 saturated carbocycles. The van der Waals surface area contributed by atoms with Crippen LogP contribution in [0.15, 0.2) is 18.2 Å². The molecular weight excluding hydrogens is 205 g/mol. The molecule has 1 unspecified atom stereocenters. The van der Waals surface area contributed by atoms with Crippen molar-refractivity contribution in [3.05, 3.63) is 29.6 Å². The lowest BCUT2D eigenvalue weighted by molar-refractivity contribution is 0.231. The Bertz CT molecular complexity index is 348. The van der Waals surface area contributed by atoms with Gasteiger partial charge < -0.3 is 10.1 Å². The van der Waals surface area contributed by atoms with E-state index in [2.05, 4.69) is 5.32 Å². The van der Waals surface area contributed by atoms with Crippen LogP contribution in [0.3, 0.4) is 0 Å². The van der Waals surface area contributed by atoms with Crippen molar-refractivity contribution in [1.29, 1.82) is 0 Å². The lowest BCUT2D eigenvalue weighted by Gasteiger charge is -2.23. The molecule has 1 atom stereocenters. The third-order valence-electron chi connectivity index (χ3n) is 3.01. The highest BCUT2D eigenvalue weighted by Gasteiger charge is 2.14. The van der Waals surface area contributed by atoms with Gasteiger partial charge in [-0.2, -0.15) is 0 Å². The summed E-state index contributed by atoms with van der Waals surface area (Å²) in [4.78, 5) is 0. The summed E-state index contributed by atoms with van der Waals surface area (Å²) in [6, 6.07) is 5.63. The Morgan fingerprint density at radius 2 is 2.31 bits per heavy atom. The van der Waals surface area contributed by atoms with Crippen molar-refractivity contribution in [2.24, 2.45) is 0 Å². The van der Waals surface area contributed by atoms with E-state index in [-0.39, 0.29) is 5.82 Å². The molecule has 1 saturated heterocycles. The standard InChI is InChI=1S/C13H18FNO/c1-10-5-4-7-12(13(10)14)16-9-11-6-2-3-8-15-11/h4-5,7,11,15H,2-3,6,8-9H2,1H3. The molecule has 1 aliphatic rings. The molecule has 0 radical (unpaired) electrons. The van der Waals surface area contributed by atoms with Crippen LogP contribution in [-0.2, 0) is 0 Å². The van der Waals surface area contributed by atoms with Crippen LogP contribution in [0.25, 0.3) is 0 Å². The number of aryl methyl sites for hydroxylation is 1. The Morgan fingerprint density at radius 1 is 1.44 bits per heavy atom. The molecule has 0 aliphatic carbocycles. The third-order valence-corrected chi connectivity index (χ3v) is 3.01. The molecule has 2 rings (SSSR count). The van der Waals surface area contributed by atoms with Gasteiger partial charge in [-0.15, -0.1) is 0 Å². The number of hydrogen-bond donors (Lipinski definition) is 1. The maximum absolute atomic E-state index is 13.6. The Balaban J connectivity index is 1.91. The van der Waals surface area contributed by atoms with E-state index in [9.17, 15) is 4.39 Å². The first kappa shape index (κ1) is 11.4. The molecule has 0 bridgehead atoms. The van der Waals surface area contributed by atoms with Crippen LogP contribution in [0, 0.1) is 12.7 Å². The van der Waals surface area contributed by atoms with Crippen molar-refractivity contribution in [1.82, 2.24) is 5.32 Å². The van der Waals surface area contributed by atoms with Crippen LogP contribution in [0.1, 0.15) is 24.8 Å². The zero-order chi connectivity index (χ0) is 11.4. The summed E-state index contributed by atoms with van der Waals surface area (Å²) in [5, 5.41) is 3.38. The summed E-state index contributed by atoms with van der Waals surface area (Å²) >= 11 is 0. The monoisotopic (exact) mass is 223 g/mol. The van der Waals surface area contributed by atoms with Crippen molar-refractivity contribution >= 4 is 0 Å². The molecule has 1 heterocycles.